The Hall–Kier alpha value is -4.16. The van der Waals surface area contributed by atoms with Gasteiger partial charge in [-0.25, -0.2) is 0 Å². The first-order chi connectivity index (χ1) is 19.7. The van der Waals surface area contributed by atoms with Crippen molar-refractivity contribution in [2.45, 2.75) is 43.7 Å². The van der Waals surface area contributed by atoms with E-state index in [0.29, 0.717) is 23.2 Å². The number of esters is 1. The van der Waals surface area contributed by atoms with Crippen molar-refractivity contribution in [1.82, 2.24) is 4.90 Å². The summed E-state index contributed by atoms with van der Waals surface area (Å²) in [5.41, 5.74) is 3.05. The van der Waals surface area contributed by atoms with Crippen LogP contribution in [0.5, 0.6) is 5.75 Å². The monoisotopic (exact) mass is 583 g/mol. The lowest BCUT2D eigenvalue weighted by Crippen LogP contribution is -2.65. The fourth-order valence-corrected chi connectivity index (χ4v) is 6.50. The van der Waals surface area contributed by atoms with Crippen LogP contribution in [0.3, 0.4) is 0 Å². The van der Waals surface area contributed by atoms with Crippen LogP contribution in [-0.4, -0.2) is 95.2 Å². The molecule has 6 N–H and O–H groups in total. The predicted molar refractivity (Wildman–Crippen MR) is 153 cm³/mol. The zero-order chi connectivity index (χ0) is 31.3. The largest absolute Gasteiger partial charge is 0.508 e. The van der Waals surface area contributed by atoms with Crippen molar-refractivity contribution in [3.05, 3.63) is 52.3 Å². The van der Waals surface area contributed by atoms with Gasteiger partial charge in [0.25, 0.3) is 5.91 Å². The molecule has 1 aromatic rings. The number of rotatable bonds is 9. The predicted octanol–water partition coefficient (Wildman–Crippen LogP) is 1.08. The highest BCUT2D eigenvalue weighted by molar-refractivity contribution is 6.24. The molecule has 0 heterocycles. The fourth-order valence-electron chi connectivity index (χ4n) is 6.50. The van der Waals surface area contributed by atoms with Gasteiger partial charge in [-0.1, -0.05) is 6.08 Å². The standard InChI is InChI=1S/C30H37N3O9/c1-6-7-10-42-19(34)9-8-14-13-18(32(2)3)16-11-15-12-17-23(33(4)5)26(37)22(29(31)40)28(39)30(17,41)27(38)20(15)25(36)21(16)24(14)35/h6,13,15,17,23,35-36,39,41H,1,7-12H2,2-5H3,(H2,31,40). The second-order valence-corrected chi connectivity index (χ2v) is 11.4. The van der Waals surface area contributed by atoms with Gasteiger partial charge in [0.2, 0.25) is 5.78 Å². The molecular weight excluding hydrogens is 546 g/mol. The number of aryl methyl sites for hydroxylation is 1. The molecule has 226 valence electrons. The number of hydrogen-bond donors (Lipinski definition) is 5. The number of aliphatic hydroxyl groups is 3. The third kappa shape index (κ3) is 4.74. The average Bonchev–Trinajstić information content (AvgIpc) is 2.89. The van der Waals surface area contributed by atoms with Crippen molar-refractivity contribution in [1.29, 1.82) is 0 Å². The summed E-state index contributed by atoms with van der Waals surface area (Å²) < 4.78 is 5.15. The number of amides is 1. The molecule has 4 unspecified atom stereocenters. The molecule has 0 spiro atoms. The zero-order valence-electron chi connectivity index (χ0n) is 24.1. The van der Waals surface area contributed by atoms with E-state index in [1.807, 2.05) is 0 Å². The lowest BCUT2D eigenvalue weighted by Gasteiger charge is -2.50. The number of Topliss-reactive ketones (excluding diaryl/α,β-unsaturated/α-hetero) is 2. The summed E-state index contributed by atoms with van der Waals surface area (Å²) >= 11 is 0. The molecule has 1 saturated carbocycles. The van der Waals surface area contributed by atoms with Gasteiger partial charge >= 0.3 is 5.97 Å². The molecule has 42 heavy (non-hydrogen) atoms. The van der Waals surface area contributed by atoms with Crippen LogP contribution in [0.1, 0.15) is 36.0 Å². The first kappa shape index (κ1) is 30.8. The Bertz CT molecular complexity index is 1440. The number of nitrogens with zero attached hydrogens (tertiary/aromatic N) is 2. The van der Waals surface area contributed by atoms with Crippen LogP contribution in [0, 0.1) is 11.8 Å². The van der Waals surface area contributed by atoms with E-state index in [2.05, 4.69) is 6.58 Å². The Labute approximate surface area is 243 Å². The number of hydrogen-bond acceptors (Lipinski definition) is 11. The van der Waals surface area contributed by atoms with E-state index in [0.717, 1.165) is 0 Å². The van der Waals surface area contributed by atoms with E-state index in [9.17, 15) is 39.6 Å². The number of phenols is 1. The molecule has 1 aromatic carbocycles. The highest BCUT2D eigenvalue weighted by atomic mass is 16.5. The second kappa shape index (κ2) is 11.3. The first-order valence-electron chi connectivity index (χ1n) is 13.6. The molecule has 0 saturated heterocycles. The summed E-state index contributed by atoms with van der Waals surface area (Å²) in [6.07, 6.45) is 2.32. The molecule has 4 rings (SSSR count). The third-order valence-electron chi connectivity index (χ3n) is 8.44. The molecule has 12 heteroatoms. The Morgan fingerprint density at radius 2 is 1.86 bits per heavy atom. The number of carbonyl (C=O) groups excluding carboxylic acids is 4. The molecule has 4 atom stereocenters. The van der Waals surface area contributed by atoms with Gasteiger partial charge in [0.15, 0.2) is 11.4 Å². The SMILES string of the molecule is C=CCCOC(=O)CCc1cc(N(C)C)c2c(c1O)C(O)=C1C(=O)C3(O)C(O)=C(C(N)=O)C(=O)C(N(C)C)C3CC1C2. The summed E-state index contributed by atoms with van der Waals surface area (Å²) in [7, 11) is 6.65. The lowest BCUT2D eigenvalue weighted by atomic mass is 9.57. The van der Waals surface area contributed by atoms with Gasteiger partial charge in [0.1, 0.15) is 22.8 Å². The number of likely N-dealkylation sites (N-methyl/N-ethyl adjacent to an activating group) is 1. The third-order valence-corrected chi connectivity index (χ3v) is 8.44. The zero-order valence-corrected chi connectivity index (χ0v) is 24.1. The number of primary amides is 1. The number of anilines is 1. The van der Waals surface area contributed by atoms with Gasteiger partial charge in [-0.3, -0.25) is 24.1 Å². The quantitative estimate of drug-likeness (QED) is 0.121. The van der Waals surface area contributed by atoms with Crippen molar-refractivity contribution in [2.75, 3.05) is 39.7 Å². The topological polar surface area (TPSA) is 191 Å². The minimum Gasteiger partial charge on any atom is -0.508 e. The second-order valence-electron chi connectivity index (χ2n) is 11.4. The molecule has 1 amide bonds. The summed E-state index contributed by atoms with van der Waals surface area (Å²) in [6.45, 7) is 3.76. The number of fused-ring (bicyclic) bond motifs is 3. The van der Waals surface area contributed by atoms with Crippen LogP contribution in [-0.2, 0) is 36.8 Å². The van der Waals surface area contributed by atoms with Crippen molar-refractivity contribution >= 4 is 34.9 Å². The van der Waals surface area contributed by atoms with E-state index >= 15 is 0 Å². The van der Waals surface area contributed by atoms with Gasteiger partial charge in [-0.15, -0.1) is 6.58 Å². The van der Waals surface area contributed by atoms with Crippen LogP contribution in [0.2, 0.25) is 0 Å². The number of nitrogens with two attached hydrogens (primary N) is 1. The van der Waals surface area contributed by atoms with Gasteiger partial charge < -0.3 is 35.8 Å². The molecule has 0 aromatic heterocycles. The number of phenolic OH excluding ortho intramolecular Hbond substituents is 1. The van der Waals surface area contributed by atoms with Crippen LogP contribution in [0.15, 0.2) is 35.6 Å². The Kier molecular flexibility index (Phi) is 8.25. The van der Waals surface area contributed by atoms with Crippen LogP contribution in [0.25, 0.3) is 5.76 Å². The highest BCUT2D eigenvalue weighted by Crippen LogP contribution is 2.54. The number of benzene rings is 1. The molecule has 1 fully saturated rings. The fraction of sp³-hybridized carbons (Fsp3) is 0.467. The maximum absolute atomic E-state index is 14.0. The smallest absolute Gasteiger partial charge is 0.306 e. The molecule has 0 aliphatic heterocycles. The maximum Gasteiger partial charge on any atom is 0.306 e. The van der Waals surface area contributed by atoms with E-state index in [1.54, 1.807) is 45.2 Å². The lowest BCUT2D eigenvalue weighted by molar-refractivity contribution is -0.153. The number of carbonyl (C=O) groups is 4. The number of ketones is 2. The summed E-state index contributed by atoms with van der Waals surface area (Å²) in [4.78, 5) is 54.9. The van der Waals surface area contributed by atoms with Crippen LogP contribution < -0.4 is 10.6 Å². The minimum absolute atomic E-state index is 0.00229. The van der Waals surface area contributed by atoms with Crippen molar-refractivity contribution in [3.8, 4) is 5.75 Å². The van der Waals surface area contributed by atoms with Crippen molar-refractivity contribution in [2.24, 2.45) is 17.6 Å². The van der Waals surface area contributed by atoms with Crippen molar-refractivity contribution < 1.29 is 44.3 Å². The number of aliphatic hydroxyl groups excluding tert-OH is 2. The molecule has 3 aliphatic rings. The summed E-state index contributed by atoms with van der Waals surface area (Å²) in [5, 5.41) is 45.6. The Balaban J connectivity index is 1.85. The van der Waals surface area contributed by atoms with E-state index in [1.165, 1.54) is 4.90 Å². The molecule has 3 aliphatic carbocycles. The molecular formula is C30H37N3O9. The molecule has 12 nitrogen and oxygen atoms in total. The van der Waals surface area contributed by atoms with E-state index in [-0.39, 0.29) is 49.2 Å². The van der Waals surface area contributed by atoms with E-state index in [4.69, 9.17) is 10.5 Å². The summed E-state index contributed by atoms with van der Waals surface area (Å²) in [5.74, 6) is -7.54. The van der Waals surface area contributed by atoms with Gasteiger partial charge in [-0.05, 0) is 62.9 Å². The van der Waals surface area contributed by atoms with Gasteiger partial charge in [-0.2, -0.15) is 0 Å². The van der Waals surface area contributed by atoms with Crippen LogP contribution >= 0.6 is 0 Å². The van der Waals surface area contributed by atoms with Gasteiger partial charge in [0.05, 0.1) is 18.2 Å². The number of aromatic hydroxyl groups is 1. The molecule has 0 radical (unpaired) electrons. The Morgan fingerprint density at radius 3 is 2.43 bits per heavy atom. The normalized spacial score (nSPS) is 25.1. The maximum atomic E-state index is 14.0. The highest BCUT2D eigenvalue weighted by Gasteiger charge is 2.64. The van der Waals surface area contributed by atoms with Crippen molar-refractivity contribution in [3.63, 3.8) is 0 Å². The minimum atomic E-state index is -2.71. The number of ether oxygens (including phenoxy) is 1. The average molecular weight is 584 g/mol. The summed E-state index contributed by atoms with van der Waals surface area (Å²) in [6, 6.07) is 0.558. The van der Waals surface area contributed by atoms with E-state index < -0.39 is 64.0 Å². The van der Waals surface area contributed by atoms with Gasteiger partial charge in [0, 0.05) is 37.7 Å². The molecule has 0 bridgehead atoms. The first-order valence-corrected chi connectivity index (χ1v) is 13.6. The van der Waals surface area contributed by atoms with Crippen LogP contribution in [0.4, 0.5) is 5.69 Å². The Morgan fingerprint density at radius 1 is 1.19 bits per heavy atom.